The smallest absolute Gasteiger partial charge is 0.160 e. The van der Waals surface area contributed by atoms with Gasteiger partial charge in [0.2, 0.25) is 0 Å². The van der Waals surface area contributed by atoms with E-state index in [0.717, 1.165) is 66.8 Å². The van der Waals surface area contributed by atoms with Crippen molar-refractivity contribution in [2.45, 2.75) is 84.5 Å². The molecule has 0 saturated heterocycles. The molecular formula is C39H42O3S4. The number of benzene rings is 1. The maximum absolute atomic E-state index is 11.3. The van der Waals surface area contributed by atoms with E-state index in [9.17, 15) is 9.90 Å². The van der Waals surface area contributed by atoms with Crippen molar-refractivity contribution >= 4 is 51.6 Å². The first-order valence-corrected chi connectivity index (χ1v) is 19.7. The van der Waals surface area contributed by atoms with E-state index in [2.05, 4.69) is 56.0 Å². The Labute approximate surface area is 289 Å². The minimum atomic E-state index is 0.232. The lowest BCUT2D eigenvalue weighted by molar-refractivity contribution is 0.112. The van der Waals surface area contributed by atoms with E-state index in [0.29, 0.717) is 11.5 Å². The molecule has 0 unspecified atom stereocenters. The first kappa shape index (κ1) is 34.2. The number of aromatic hydroxyl groups is 1. The largest absolute Gasteiger partial charge is 0.507 e. The van der Waals surface area contributed by atoms with E-state index < -0.39 is 0 Å². The highest BCUT2D eigenvalue weighted by atomic mass is 32.1. The molecule has 0 aliphatic rings. The average Bonchev–Trinajstić information content (AvgIpc) is 3.89. The van der Waals surface area contributed by atoms with Crippen molar-refractivity contribution in [1.29, 1.82) is 0 Å². The Morgan fingerprint density at radius 3 is 1.96 bits per heavy atom. The summed E-state index contributed by atoms with van der Waals surface area (Å²) >= 11 is 6.55. The summed E-state index contributed by atoms with van der Waals surface area (Å²) in [5.74, 6) is 7.77. The second-order valence-electron chi connectivity index (χ2n) is 11.4. The normalized spacial score (nSPS) is 11.0. The lowest BCUT2D eigenvalue weighted by atomic mass is 10.1. The molecule has 0 aliphatic carbocycles. The van der Waals surface area contributed by atoms with Crippen LogP contribution in [0.1, 0.15) is 99.0 Å². The van der Waals surface area contributed by atoms with E-state index in [4.69, 9.17) is 4.74 Å². The molecule has 0 aliphatic heterocycles. The zero-order valence-electron chi connectivity index (χ0n) is 26.7. The molecule has 1 aromatic carbocycles. The molecule has 5 rings (SSSR count). The predicted octanol–water partition coefficient (Wildman–Crippen LogP) is 13.2. The van der Waals surface area contributed by atoms with Crippen LogP contribution in [0.2, 0.25) is 0 Å². The van der Waals surface area contributed by atoms with Crippen LogP contribution in [-0.4, -0.2) is 18.0 Å². The van der Waals surface area contributed by atoms with E-state index in [1.165, 1.54) is 72.5 Å². The summed E-state index contributed by atoms with van der Waals surface area (Å²) in [6.07, 6.45) is 14.1. The number of unbranched alkanes of at least 4 members (excludes halogenated alkanes) is 9. The Kier molecular flexibility index (Phi) is 13.1. The number of rotatable bonds is 17. The molecule has 1 N–H and O–H groups in total. The zero-order valence-corrected chi connectivity index (χ0v) is 30.0. The standard InChI is InChI=1S/C39H42O3S4/c1-3-5-7-9-10-11-12-13-15-28-16-18-36(43-28)38-23-21-35(46-38)31-25-32(41)30(26-33(31)42-24-14-8-6-4-2)34-20-22-39(45-34)37-19-17-29(27-40)44-37/h16-23,25-27,41H,3-12,14,24H2,1-2H3. The van der Waals surface area contributed by atoms with Gasteiger partial charge in [0, 0.05) is 46.8 Å². The quantitative estimate of drug-likeness (QED) is 0.0602. The summed E-state index contributed by atoms with van der Waals surface area (Å²) in [5, 5.41) is 11.3. The first-order chi connectivity index (χ1) is 22.6. The molecule has 0 atom stereocenters. The molecule has 0 radical (unpaired) electrons. The molecule has 7 heteroatoms. The molecule has 0 amide bonds. The fraction of sp³-hybridized carbons (Fsp3) is 0.359. The Hall–Kier alpha value is -3.15. The summed E-state index contributed by atoms with van der Waals surface area (Å²) in [4.78, 5) is 19.6. The second-order valence-corrected chi connectivity index (χ2v) is 15.8. The molecule has 4 aromatic heterocycles. The summed E-state index contributed by atoms with van der Waals surface area (Å²) in [7, 11) is 0. The number of hydrogen-bond donors (Lipinski definition) is 1. The van der Waals surface area contributed by atoms with E-state index >= 15 is 0 Å². The molecule has 4 heterocycles. The number of aldehydes is 1. The highest BCUT2D eigenvalue weighted by molar-refractivity contribution is 7.25. The number of phenols is 1. The van der Waals surface area contributed by atoms with Gasteiger partial charge in [0.1, 0.15) is 11.5 Å². The van der Waals surface area contributed by atoms with Crippen LogP contribution in [-0.2, 0) is 0 Å². The molecule has 0 saturated carbocycles. The van der Waals surface area contributed by atoms with Crippen LogP contribution in [0.5, 0.6) is 11.5 Å². The predicted molar refractivity (Wildman–Crippen MR) is 201 cm³/mol. The van der Waals surface area contributed by atoms with Crippen LogP contribution in [0, 0.1) is 11.8 Å². The second kappa shape index (κ2) is 17.7. The fourth-order valence-electron chi connectivity index (χ4n) is 5.25. The summed E-state index contributed by atoms with van der Waals surface area (Å²) in [6.45, 7) is 5.11. The highest BCUT2D eigenvalue weighted by Crippen LogP contribution is 2.47. The Balaban J connectivity index is 1.34. The van der Waals surface area contributed by atoms with Gasteiger partial charge in [0.05, 0.1) is 16.4 Å². The summed E-state index contributed by atoms with van der Waals surface area (Å²) in [5.41, 5.74) is 1.67. The van der Waals surface area contributed by atoms with Crippen molar-refractivity contribution in [2.24, 2.45) is 0 Å². The van der Waals surface area contributed by atoms with Gasteiger partial charge in [-0.3, -0.25) is 4.79 Å². The van der Waals surface area contributed by atoms with Gasteiger partial charge in [-0.25, -0.2) is 0 Å². The maximum Gasteiger partial charge on any atom is 0.160 e. The van der Waals surface area contributed by atoms with Crippen molar-refractivity contribution in [2.75, 3.05) is 6.61 Å². The third kappa shape index (κ3) is 9.23. The monoisotopic (exact) mass is 686 g/mol. The molecule has 0 bridgehead atoms. The van der Waals surface area contributed by atoms with Gasteiger partial charge in [0.25, 0.3) is 0 Å². The maximum atomic E-state index is 11.3. The van der Waals surface area contributed by atoms with Crippen molar-refractivity contribution in [3.05, 3.63) is 70.4 Å². The van der Waals surface area contributed by atoms with Gasteiger partial charge in [0.15, 0.2) is 6.29 Å². The fourth-order valence-corrected chi connectivity index (χ4v) is 9.19. The van der Waals surface area contributed by atoms with Crippen LogP contribution >= 0.6 is 45.3 Å². The third-order valence-electron chi connectivity index (χ3n) is 7.80. The molecule has 0 spiro atoms. The molecule has 46 heavy (non-hydrogen) atoms. The van der Waals surface area contributed by atoms with Crippen molar-refractivity contribution in [3.8, 4) is 63.7 Å². The zero-order chi connectivity index (χ0) is 32.1. The lowest BCUT2D eigenvalue weighted by Gasteiger charge is -2.14. The number of thiophene rings is 4. The Morgan fingerprint density at radius 1 is 0.652 bits per heavy atom. The molecular weight excluding hydrogens is 645 g/mol. The lowest BCUT2D eigenvalue weighted by Crippen LogP contribution is -1.99. The van der Waals surface area contributed by atoms with Gasteiger partial charge in [-0.1, -0.05) is 77.1 Å². The topological polar surface area (TPSA) is 46.5 Å². The van der Waals surface area contributed by atoms with Crippen LogP contribution in [0.3, 0.4) is 0 Å². The Bertz CT molecular complexity index is 1760. The summed E-state index contributed by atoms with van der Waals surface area (Å²) in [6, 6.07) is 20.4. The van der Waals surface area contributed by atoms with Gasteiger partial charge in [-0.15, -0.1) is 45.3 Å². The number of phenolic OH excluding ortho intramolecular Hbond substituents is 1. The number of carbonyl (C=O) groups is 1. The van der Waals surface area contributed by atoms with Crippen molar-refractivity contribution in [3.63, 3.8) is 0 Å². The highest BCUT2D eigenvalue weighted by Gasteiger charge is 2.18. The number of hydrogen-bond acceptors (Lipinski definition) is 7. The van der Waals surface area contributed by atoms with Crippen molar-refractivity contribution < 1.29 is 14.6 Å². The number of ether oxygens (including phenoxy) is 1. The average molecular weight is 687 g/mol. The molecule has 5 aromatic rings. The SMILES string of the molecule is CCCCCCCCC#Cc1ccc(-c2ccc(-c3cc(O)c(-c4ccc(-c5ccc(C=O)s5)s4)cc3OCCCCCC)s2)s1. The van der Waals surface area contributed by atoms with Gasteiger partial charge in [-0.2, -0.15) is 0 Å². The van der Waals surface area contributed by atoms with Crippen LogP contribution < -0.4 is 4.74 Å². The van der Waals surface area contributed by atoms with Crippen LogP contribution in [0.25, 0.3) is 40.4 Å². The van der Waals surface area contributed by atoms with E-state index in [1.54, 1.807) is 34.0 Å². The van der Waals surface area contributed by atoms with Gasteiger partial charge >= 0.3 is 0 Å². The van der Waals surface area contributed by atoms with E-state index in [1.807, 2.05) is 30.3 Å². The van der Waals surface area contributed by atoms with Crippen molar-refractivity contribution in [1.82, 2.24) is 0 Å². The minimum absolute atomic E-state index is 0.232. The molecule has 3 nitrogen and oxygen atoms in total. The third-order valence-corrected chi connectivity index (χ3v) is 12.4. The number of carbonyl (C=O) groups excluding carboxylic acids is 1. The van der Waals surface area contributed by atoms with Gasteiger partial charge < -0.3 is 9.84 Å². The molecule has 0 fully saturated rings. The summed E-state index contributed by atoms with van der Waals surface area (Å²) < 4.78 is 6.42. The Morgan fingerprint density at radius 2 is 1.24 bits per heavy atom. The van der Waals surface area contributed by atoms with Crippen LogP contribution in [0.4, 0.5) is 0 Å². The minimum Gasteiger partial charge on any atom is -0.507 e. The van der Waals surface area contributed by atoms with Crippen LogP contribution in [0.15, 0.2) is 60.7 Å². The van der Waals surface area contributed by atoms with Gasteiger partial charge in [-0.05, 0) is 73.5 Å². The molecule has 240 valence electrons. The van der Waals surface area contributed by atoms with E-state index in [-0.39, 0.29) is 5.75 Å². The first-order valence-electron chi connectivity index (χ1n) is 16.4.